The van der Waals surface area contributed by atoms with E-state index >= 15 is 0 Å². The van der Waals surface area contributed by atoms with Gasteiger partial charge in [0.2, 0.25) is 0 Å². The minimum atomic E-state index is -0.430. The lowest BCUT2D eigenvalue weighted by Crippen LogP contribution is -2.44. The van der Waals surface area contributed by atoms with Crippen LogP contribution in [0.4, 0.5) is 0 Å². The molecule has 2 fully saturated rings. The Bertz CT molecular complexity index is 214. The smallest absolute Gasteiger partial charge is 0.0771 e. The van der Waals surface area contributed by atoms with Crippen molar-refractivity contribution in [1.29, 1.82) is 0 Å². The van der Waals surface area contributed by atoms with Gasteiger partial charge in [-0.3, -0.25) is 0 Å². The molecule has 2 atom stereocenters. The largest absolute Gasteiger partial charge is 0.389 e. The van der Waals surface area contributed by atoms with Crippen molar-refractivity contribution >= 4 is 0 Å². The Morgan fingerprint density at radius 2 is 2.06 bits per heavy atom. The van der Waals surface area contributed by atoms with Crippen LogP contribution >= 0.6 is 0 Å². The number of aliphatic hydroxyl groups is 1. The van der Waals surface area contributed by atoms with Crippen LogP contribution in [0.3, 0.4) is 0 Å². The van der Waals surface area contributed by atoms with E-state index in [4.69, 9.17) is 4.74 Å². The van der Waals surface area contributed by atoms with Crippen LogP contribution in [-0.4, -0.2) is 36.5 Å². The number of nitrogens with one attached hydrogen (secondary N) is 1. The van der Waals surface area contributed by atoms with E-state index in [9.17, 15) is 5.11 Å². The molecule has 1 aliphatic carbocycles. The van der Waals surface area contributed by atoms with Gasteiger partial charge in [-0.15, -0.1) is 0 Å². The van der Waals surface area contributed by atoms with E-state index in [0.717, 1.165) is 39.0 Å². The SMILES string of the molecule is CC1OCCC1CNCC1(O)CCCCC1. The molecule has 0 aromatic carbocycles. The van der Waals surface area contributed by atoms with Gasteiger partial charge >= 0.3 is 0 Å². The first-order chi connectivity index (χ1) is 7.70. The second-order valence-corrected chi connectivity index (χ2v) is 5.54. The summed E-state index contributed by atoms with van der Waals surface area (Å²) >= 11 is 0. The molecule has 1 saturated carbocycles. The Kier molecular flexibility index (Phi) is 4.22. The van der Waals surface area contributed by atoms with Crippen LogP contribution in [0.2, 0.25) is 0 Å². The van der Waals surface area contributed by atoms with Crippen molar-refractivity contribution in [2.24, 2.45) is 5.92 Å². The highest BCUT2D eigenvalue weighted by molar-refractivity contribution is 4.85. The molecule has 94 valence electrons. The van der Waals surface area contributed by atoms with Crippen LogP contribution in [0.5, 0.6) is 0 Å². The monoisotopic (exact) mass is 227 g/mol. The highest BCUT2D eigenvalue weighted by atomic mass is 16.5. The summed E-state index contributed by atoms with van der Waals surface area (Å²) < 4.78 is 5.53. The van der Waals surface area contributed by atoms with Gasteiger partial charge in [0.05, 0.1) is 11.7 Å². The van der Waals surface area contributed by atoms with Crippen molar-refractivity contribution in [2.75, 3.05) is 19.7 Å². The Morgan fingerprint density at radius 3 is 2.69 bits per heavy atom. The summed E-state index contributed by atoms with van der Waals surface area (Å²) in [4.78, 5) is 0. The van der Waals surface area contributed by atoms with Crippen molar-refractivity contribution in [2.45, 2.75) is 57.2 Å². The first kappa shape index (κ1) is 12.3. The van der Waals surface area contributed by atoms with Gasteiger partial charge in [0.25, 0.3) is 0 Å². The van der Waals surface area contributed by atoms with Crippen molar-refractivity contribution in [3.63, 3.8) is 0 Å². The van der Waals surface area contributed by atoms with E-state index in [1.54, 1.807) is 0 Å². The van der Waals surface area contributed by atoms with Gasteiger partial charge in [-0.05, 0) is 32.1 Å². The molecule has 2 N–H and O–H groups in total. The van der Waals surface area contributed by atoms with Gasteiger partial charge < -0.3 is 15.2 Å². The average molecular weight is 227 g/mol. The zero-order chi connectivity index (χ0) is 11.4. The standard InChI is InChI=1S/C13H25NO2/c1-11-12(5-8-16-11)9-14-10-13(15)6-3-2-4-7-13/h11-12,14-15H,2-10H2,1H3. The fourth-order valence-corrected chi connectivity index (χ4v) is 2.92. The fourth-order valence-electron chi connectivity index (χ4n) is 2.92. The highest BCUT2D eigenvalue weighted by Gasteiger charge is 2.30. The van der Waals surface area contributed by atoms with E-state index in [2.05, 4.69) is 12.2 Å². The molecule has 16 heavy (non-hydrogen) atoms. The van der Waals surface area contributed by atoms with E-state index in [1.807, 2.05) is 0 Å². The topological polar surface area (TPSA) is 41.5 Å². The molecule has 1 saturated heterocycles. The third-order valence-electron chi connectivity index (χ3n) is 4.18. The zero-order valence-electron chi connectivity index (χ0n) is 10.4. The lowest BCUT2D eigenvalue weighted by atomic mass is 9.85. The van der Waals surface area contributed by atoms with Gasteiger partial charge in [-0.1, -0.05) is 19.3 Å². The molecule has 0 amide bonds. The van der Waals surface area contributed by atoms with Gasteiger partial charge in [-0.25, -0.2) is 0 Å². The summed E-state index contributed by atoms with van der Waals surface area (Å²) in [6.45, 7) is 4.80. The normalized spacial score (nSPS) is 34.1. The van der Waals surface area contributed by atoms with Crippen LogP contribution < -0.4 is 5.32 Å². The summed E-state index contributed by atoms with van der Waals surface area (Å²) in [5, 5.41) is 13.8. The summed E-state index contributed by atoms with van der Waals surface area (Å²) in [6.07, 6.45) is 7.13. The lowest BCUT2D eigenvalue weighted by molar-refractivity contribution is 0.00352. The first-order valence-corrected chi connectivity index (χ1v) is 6.74. The molecular weight excluding hydrogens is 202 g/mol. The van der Waals surface area contributed by atoms with Crippen LogP contribution in [-0.2, 0) is 4.74 Å². The van der Waals surface area contributed by atoms with Crippen molar-refractivity contribution < 1.29 is 9.84 Å². The molecule has 0 aromatic heterocycles. The minimum absolute atomic E-state index is 0.383. The molecule has 2 aliphatic rings. The number of rotatable bonds is 4. The van der Waals surface area contributed by atoms with E-state index < -0.39 is 5.60 Å². The molecule has 0 radical (unpaired) electrons. The summed E-state index contributed by atoms with van der Waals surface area (Å²) in [6, 6.07) is 0. The molecule has 0 spiro atoms. The van der Waals surface area contributed by atoms with Gasteiger partial charge in [0, 0.05) is 19.7 Å². The fraction of sp³-hybridized carbons (Fsp3) is 1.00. The van der Waals surface area contributed by atoms with E-state index in [0.29, 0.717) is 12.0 Å². The van der Waals surface area contributed by atoms with Crippen LogP contribution in [0.25, 0.3) is 0 Å². The number of ether oxygens (including phenoxy) is 1. The maximum absolute atomic E-state index is 10.3. The molecule has 2 unspecified atom stereocenters. The van der Waals surface area contributed by atoms with Crippen molar-refractivity contribution in [3.05, 3.63) is 0 Å². The second kappa shape index (κ2) is 5.48. The summed E-state index contributed by atoms with van der Waals surface area (Å²) in [7, 11) is 0. The predicted molar refractivity (Wildman–Crippen MR) is 64.4 cm³/mol. The quantitative estimate of drug-likeness (QED) is 0.768. The Labute approximate surface area is 98.6 Å². The third kappa shape index (κ3) is 3.19. The molecule has 0 aromatic rings. The van der Waals surface area contributed by atoms with Gasteiger partial charge in [0.1, 0.15) is 0 Å². The van der Waals surface area contributed by atoms with E-state index in [-0.39, 0.29) is 0 Å². The van der Waals surface area contributed by atoms with Crippen molar-refractivity contribution in [3.8, 4) is 0 Å². The molecule has 3 nitrogen and oxygen atoms in total. The van der Waals surface area contributed by atoms with Crippen LogP contribution in [0, 0.1) is 5.92 Å². The lowest BCUT2D eigenvalue weighted by Gasteiger charge is -2.32. The maximum atomic E-state index is 10.3. The maximum Gasteiger partial charge on any atom is 0.0771 e. The van der Waals surface area contributed by atoms with Crippen molar-refractivity contribution in [1.82, 2.24) is 5.32 Å². The molecule has 2 rings (SSSR count). The number of hydrogen-bond donors (Lipinski definition) is 2. The zero-order valence-corrected chi connectivity index (χ0v) is 10.4. The first-order valence-electron chi connectivity index (χ1n) is 6.74. The molecule has 0 bridgehead atoms. The van der Waals surface area contributed by atoms with Gasteiger partial charge in [0.15, 0.2) is 0 Å². The average Bonchev–Trinajstić information content (AvgIpc) is 2.65. The molecule has 1 aliphatic heterocycles. The third-order valence-corrected chi connectivity index (χ3v) is 4.18. The van der Waals surface area contributed by atoms with E-state index in [1.165, 1.54) is 19.3 Å². The minimum Gasteiger partial charge on any atom is -0.389 e. The predicted octanol–water partition coefficient (Wildman–Crippen LogP) is 1.70. The number of hydrogen-bond acceptors (Lipinski definition) is 3. The summed E-state index contributed by atoms with van der Waals surface area (Å²) in [5.41, 5.74) is -0.430. The van der Waals surface area contributed by atoms with Gasteiger partial charge in [-0.2, -0.15) is 0 Å². The summed E-state index contributed by atoms with van der Waals surface area (Å²) in [5.74, 6) is 0.632. The van der Waals surface area contributed by atoms with Crippen LogP contribution in [0.15, 0.2) is 0 Å². The Morgan fingerprint density at radius 1 is 1.31 bits per heavy atom. The Hall–Kier alpha value is -0.120. The highest BCUT2D eigenvalue weighted by Crippen LogP contribution is 2.27. The Balaban J connectivity index is 1.66. The molecule has 1 heterocycles. The van der Waals surface area contributed by atoms with Crippen LogP contribution in [0.1, 0.15) is 45.4 Å². The molecular formula is C13H25NO2. The second-order valence-electron chi connectivity index (χ2n) is 5.54. The molecule has 3 heteroatoms.